The van der Waals surface area contributed by atoms with Crippen molar-refractivity contribution >= 4 is 18.6 Å². The van der Waals surface area contributed by atoms with E-state index in [1.54, 1.807) is 12.1 Å². The molecule has 104 valence electrons. The maximum Gasteiger partial charge on any atom is 0.307 e. The number of ether oxygens (including phenoxy) is 1. The summed E-state index contributed by atoms with van der Waals surface area (Å²) in [5, 5.41) is 2.14. The second-order valence-corrected chi connectivity index (χ2v) is 5.28. The number of rotatable bonds is 4. The third-order valence-corrected chi connectivity index (χ3v) is 3.68. The summed E-state index contributed by atoms with van der Waals surface area (Å²) in [6.07, 6.45) is 2.06. The first-order chi connectivity index (χ1) is 9.16. The standard InChI is InChI=1S/C14H18FNO2S/c15-12-4-2-11(3-5-12)14(7-1-8-16-10-14)18-13(17)6-9-19/h2-5,16,19H,1,6-10H2/p+1. The summed E-state index contributed by atoms with van der Waals surface area (Å²) in [6, 6.07) is 6.25. The number of halogens is 1. The Labute approximate surface area is 117 Å². The van der Waals surface area contributed by atoms with Gasteiger partial charge in [0.15, 0.2) is 5.60 Å². The smallest absolute Gasteiger partial charge is 0.307 e. The first-order valence-corrected chi connectivity index (χ1v) is 7.20. The fourth-order valence-electron chi connectivity index (χ4n) is 2.50. The molecule has 1 aliphatic rings. The van der Waals surface area contributed by atoms with Crippen molar-refractivity contribution in [3.63, 3.8) is 0 Å². The average molecular weight is 284 g/mol. The van der Waals surface area contributed by atoms with E-state index in [9.17, 15) is 9.18 Å². The average Bonchev–Trinajstić information content (AvgIpc) is 2.40. The Morgan fingerprint density at radius 2 is 2.16 bits per heavy atom. The highest BCUT2D eigenvalue weighted by Crippen LogP contribution is 2.31. The van der Waals surface area contributed by atoms with E-state index < -0.39 is 5.60 Å². The van der Waals surface area contributed by atoms with Crippen LogP contribution < -0.4 is 5.32 Å². The Balaban J connectivity index is 2.23. The van der Waals surface area contributed by atoms with Gasteiger partial charge in [0.1, 0.15) is 12.4 Å². The minimum absolute atomic E-state index is 0.241. The highest BCUT2D eigenvalue weighted by molar-refractivity contribution is 7.80. The fraction of sp³-hybridized carbons (Fsp3) is 0.500. The predicted molar refractivity (Wildman–Crippen MR) is 73.5 cm³/mol. The summed E-state index contributed by atoms with van der Waals surface area (Å²) in [6.45, 7) is 1.73. The zero-order chi connectivity index (χ0) is 13.7. The molecule has 0 aliphatic carbocycles. The Kier molecular flexibility index (Phi) is 4.82. The van der Waals surface area contributed by atoms with Crippen molar-refractivity contribution in [3.8, 4) is 0 Å². The summed E-state index contributed by atoms with van der Waals surface area (Å²) in [5.74, 6) is -0.0443. The molecule has 0 spiro atoms. The van der Waals surface area contributed by atoms with Gasteiger partial charge in [-0.2, -0.15) is 12.6 Å². The number of carbonyl (C=O) groups is 1. The van der Waals surface area contributed by atoms with Crippen LogP contribution in [0.1, 0.15) is 24.8 Å². The zero-order valence-corrected chi connectivity index (χ0v) is 11.7. The number of quaternary nitrogens is 1. The summed E-state index contributed by atoms with van der Waals surface area (Å²) in [4.78, 5) is 11.8. The highest BCUT2D eigenvalue weighted by atomic mass is 32.1. The summed E-state index contributed by atoms with van der Waals surface area (Å²) >= 11 is 4.05. The largest absolute Gasteiger partial charge is 0.448 e. The van der Waals surface area contributed by atoms with Gasteiger partial charge in [0.25, 0.3) is 0 Å². The van der Waals surface area contributed by atoms with Crippen LogP contribution in [-0.2, 0) is 15.1 Å². The highest BCUT2D eigenvalue weighted by Gasteiger charge is 2.40. The minimum atomic E-state index is -0.619. The van der Waals surface area contributed by atoms with Gasteiger partial charge >= 0.3 is 5.97 Å². The van der Waals surface area contributed by atoms with Gasteiger partial charge in [-0.15, -0.1) is 0 Å². The lowest BCUT2D eigenvalue weighted by molar-refractivity contribution is -0.678. The van der Waals surface area contributed by atoms with Gasteiger partial charge in [0.05, 0.1) is 13.0 Å². The normalized spacial score (nSPS) is 23.1. The van der Waals surface area contributed by atoms with Gasteiger partial charge in [-0.1, -0.05) is 12.1 Å². The molecule has 1 saturated heterocycles. The van der Waals surface area contributed by atoms with Gasteiger partial charge in [-0.3, -0.25) is 4.79 Å². The third-order valence-electron chi connectivity index (χ3n) is 3.46. The summed E-state index contributed by atoms with van der Waals surface area (Å²) < 4.78 is 18.7. The lowest BCUT2D eigenvalue weighted by Gasteiger charge is -2.35. The number of benzene rings is 1. The predicted octanol–water partition coefficient (Wildman–Crippen LogP) is 1.24. The molecule has 0 aromatic heterocycles. The molecular weight excluding hydrogens is 265 g/mol. The van der Waals surface area contributed by atoms with E-state index in [-0.39, 0.29) is 11.8 Å². The monoisotopic (exact) mass is 284 g/mol. The Bertz CT molecular complexity index is 430. The molecule has 0 radical (unpaired) electrons. The van der Waals surface area contributed by atoms with Crippen LogP contribution in [0.15, 0.2) is 24.3 Å². The Morgan fingerprint density at radius 1 is 1.42 bits per heavy atom. The molecule has 2 N–H and O–H groups in total. The number of carbonyl (C=O) groups excluding carboxylic acids is 1. The van der Waals surface area contributed by atoms with Gasteiger partial charge in [-0.25, -0.2) is 4.39 Å². The van der Waals surface area contributed by atoms with Gasteiger partial charge in [-0.05, 0) is 12.1 Å². The topological polar surface area (TPSA) is 42.9 Å². The molecule has 2 rings (SSSR count). The minimum Gasteiger partial charge on any atom is -0.448 e. The number of hydrogen-bond donors (Lipinski definition) is 2. The molecule has 1 aliphatic heterocycles. The molecule has 1 unspecified atom stereocenters. The van der Waals surface area contributed by atoms with Crippen molar-refractivity contribution in [1.82, 2.24) is 0 Å². The van der Waals surface area contributed by atoms with Crippen molar-refractivity contribution in [1.29, 1.82) is 0 Å². The molecule has 5 heteroatoms. The SMILES string of the molecule is O=C(CCS)OC1(c2ccc(F)cc2)CCC[NH2+]C1. The maximum atomic E-state index is 13.0. The van der Waals surface area contributed by atoms with Crippen molar-refractivity contribution < 1.29 is 19.2 Å². The number of nitrogens with two attached hydrogens (primary N) is 1. The van der Waals surface area contributed by atoms with Crippen molar-refractivity contribution in [2.75, 3.05) is 18.8 Å². The molecule has 0 amide bonds. The quantitative estimate of drug-likeness (QED) is 0.645. The Morgan fingerprint density at radius 3 is 2.74 bits per heavy atom. The van der Waals surface area contributed by atoms with Gasteiger partial charge in [0.2, 0.25) is 0 Å². The molecule has 1 aromatic rings. The van der Waals surface area contributed by atoms with Crippen LogP contribution in [0.3, 0.4) is 0 Å². The van der Waals surface area contributed by atoms with Crippen LogP contribution in [-0.4, -0.2) is 24.8 Å². The van der Waals surface area contributed by atoms with Gasteiger partial charge in [0, 0.05) is 24.2 Å². The molecule has 0 saturated carbocycles. The van der Waals surface area contributed by atoms with E-state index in [1.807, 2.05) is 0 Å². The summed E-state index contributed by atoms with van der Waals surface area (Å²) in [5.41, 5.74) is 0.253. The molecule has 1 atom stereocenters. The second-order valence-electron chi connectivity index (χ2n) is 4.83. The van der Waals surface area contributed by atoms with E-state index in [0.29, 0.717) is 18.7 Å². The molecule has 1 fully saturated rings. The van der Waals surface area contributed by atoms with Gasteiger partial charge < -0.3 is 10.1 Å². The third kappa shape index (κ3) is 3.48. The molecule has 3 nitrogen and oxygen atoms in total. The van der Waals surface area contributed by atoms with E-state index in [1.165, 1.54) is 12.1 Å². The lowest BCUT2D eigenvalue weighted by atomic mass is 9.86. The molecule has 1 heterocycles. The van der Waals surface area contributed by atoms with Crippen LogP contribution in [0.4, 0.5) is 4.39 Å². The van der Waals surface area contributed by atoms with E-state index in [4.69, 9.17) is 4.74 Å². The number of piperidine rings is 1. The summed E-state index contributed by atoms with van der Waals surface area (Å²) in [7, 11) is 0. The van der Waals surface area contributed by atoms with Crippen LogP contribution in [0.25, 0.3) is 0 Å². The van der Waals surface area contributed by atoms with Crippen LogP contribution in [0.2, 0.25) is 0 Å². The fourth-order valence-corrected chi connectivity index (χ4v) is 2.68. The van der Waals surface area contributed by atoms with Crippen LogP contribution >= 0.6 is 12.6 Å². The number of hydrogen-bond acceptors (Lipinski definition) is 3. The number of esters is 1. The first-order valence-electron chi connectivity index (χ1n) is 6.57. The van der Waals surface area contributed by atoms with Crippen LogP contribution in [0.5, 0.6) is 0 Å². The Hall–Kier alpha value is -1.07. The van der Waals surface area contributed by atoms with Crippen molar-refractivity contribution in [2.24, 2.45) is 0 Å². The molecule has 1 aromatic carbocycles. The maximum absolute atomic E-state index is 13.0. The number of thiol groups is 1. The van der Waals surface area contributed by atoms with Crippen molar-refractivity contribution in [3.05, 3.63) is 35.6 Å². The molecule has 0 bridgehead atoms. The van der Waals surface area contributed by atoms with E-state index in [2.05, 4.69) is 17.9 Å². The van der Waals surface area contributed by atoms with E-state index in [0.717, 1.165) is 24.9 Å². The first kappa shape index (κ1) is 14.3. The van der Waals surface area contributed by atoms with Crippen LogP contribution in [0, 0.1) is 5.82 Å². The second kappa shape index (κ2) is 6.39. The molecule has 19 heavy (non-hydrogen) atoms. The lowest BCUT2D eigenvalue weighted by Crippen LogP contribution is -2.90. The van der Waals surface area contributed by atoms with Crippen molar-refractivity contribution in [2.45, 2.75) is 24.9 Å². The zero-order valence-electron chi connectivity index (χ0n) is 10.8. The molecular formula is C14H19FNO2S+. The van der Waals surface area contributed by atoms with E-state index >= 15 is 0 Å².